The number of carbonyl (C=O) groups excluding carboxylic acids is 1. The molecule has 0 aliphatic carbocycles. The number of thioether (sulfide) groups is 1. The lowest BCUT2D eigenvalue weighted by atomic mass is 10.1. The lowest BCUT2D eigenvalue weighted by molar-refractivity contribution is -0.119. The van der Waals surface area contributed by atoms with Gasteiger partial charge >= 0.3 is 0 Å². The number of benzene rings is 1. The quantitative estimate of drug-likeness (QED) is 0.642. The summed E-state index contributed by atoms with van der Waals surface area (Å²) < 4.78 is 0. The molecular formula is C13H20N2OS. The fraction of sp³-hybridized carbons (Fsp3) is 0.462. The van der Waals surface area contributed by atoms with E-state index < -0.39 is 0 Å². The molecule has 0 bridgehead atoms. The largest absolute Gasteiger partial charge is 0.399 e. The second-order valence-corrected chi connectivity index (χ2v) is 6.15. The number of hydrogen-bond acceptors (Lipinski definition) is 3. The zero-order valence-corrected chi connectivity index (χ0v) is 11.6. The Balaban J connectivity index is 2.50. The first-order valence-electron chi connectivity index (χ1n) is 5.58. The Hall–Kier alpha value is -1.16. The minimum Gasteiger partial charge on any atom is -0.399 e. The Bertz CT molecular complexity index is 410. The molecule has 0 saturated heterocycles. The summed E-state index contributed by atoms with van der Waals surface area (Å²) in [5.41, 5.74) is 7.40. The van der Waals surface area contributed by atoms with Gasteiger partial charge < -0.3 is 11.1 Å². The fourth-order valence-electron chi connectivity index (χ4n) is 1.34. The van der Waals surface area contributed by atoms with Gasteiger partial charge in [-0.15, -0.1) is 11.8 Å². The van der Waals surface area contributed by atoms with Crippen LogP contribution in [0.2, 0.25) is 0 Å². The molecule has 0 aromatic heterocycles. The maximum Gasteiger partial charge on any atom is 0.230 e. The first-order chi connectivity index (χ1) is 7.78. The van der Waals surface area contributed by atoms with Crippen molar-refractivity contribution in [1.29, 1.82) is 0 Å². The summed E-state index contributed by atoms with van der Waals surface area (Å²) in [5, 5.41) is 2.93. The molecule has 0 atom stereocenters. The first kappa shape index (κ1) is 13.9. The molecule has 0 unspecified atom stereocenters. The van der Waals surface area contributed by atoms with Gasteiger partial charge in [0, 0.05) is 16.1 Å². The van der Waals surface area contributed by atoms with Gasteiger partial charge in [-0.1, -0.05) is 0 Å². The van der Waals surface area contributed by atoms with Crippen molar-refractivity contribution in [3.63, 3.8) is 0 Å². The van der Waals surface area contributed by atoms with Gasteiger partial charge in [-0.2, -0.15) is 0 Å². The Labute approximate surface area is 107 Å². The minimum atomic E-state index is -0.172. The van der Waals surface area contributed by atoms with Crippen LogP contribution in [0.5, 0.6) is 0 Å². The van der Waals surface area contributed by atoms with Crippen LogP contribution in [0.3, 0.4) is 0 Å². The van der Waals surface area contributed by atoms with E-state index in [-0.39, 0.29) is 11.4 Å². The van der Waals surface area contributed by atoms with Crippen molar-refractivity contribution < 1.29 is 4.79 Å². The fourth-order valence-corrected chi connectivity index (χ4v) is 2.14. The highest BCUT2D eigenvalue weighted by Crippen LogP contribution is 2.22. The number of carbonyl (C=O) groups is 1. The number of amides is 1. The molecule has 17 heavy (non-hydrogen) atoms. The van der Waals surface area contributed by atoms with Crippen LogP contribution in [0.1, 0.15) is 26.3 Å². The molecule has 0 aliphatic heterocycles. The van der Waals surface area contributed by atoms with Gasteiger partial charge in [0.15, 0.2) is 0 Å². The number of aryl methyl sites for hydroxylation is 1. The molecule has 0 heterocycles. The predicted molar refractivity (Wildman–Crippen MR) is 74.2 cm³/mol. The zero-order chi connectivity index (χ0) is 13.1. The number of hydrogen-bond donors (Lipinski definition) is 2. The zero-order valence-electron chi connectivity index (χ0n) is 10.8. The van der Waals surface area contributed by atoms with E-state index in [2.05, 4.69) is 5.32 Å². The first-order valence-corrected chi connectivity index (χ1v) is 6.56. The monoisotopic (exact) mass is 252 g/mol. The van der Waals surface area contributed by atoms with Crippen molar-refractivity contribution in [3.05, 3.63) is 23.8 Å². The molecule has 1 aromatic carbocycles. The number of nitrogens with two attached hydrogens (primary N) is 1. The van der Waals surface area contributed by atoms with Gasteiger partial charge in [-0.3, -0.25) is 4.79 Å². The van der Waals surface area contributed by atoms with Crippen LogP contribution in [0.15, 0.2) is 23.1 Å². The summed E-state index contributed by atoms with van der Waals surface area (Å²) >= 11 is 1.52. The Morgan fingerprint density at radius 2 is 2.06 bits per heavy atom. The Kier molecular flexibility index (Phi) is 4.46. The summed E-state index contributed by atoms with van der Waals surface area (Å²) in [7, 11) is 0. The standard InChI is InChI=1S/C13H20N2OS/c1-9-7-10(5-6-11(9)14)17-8-12(16)15-13(2,3)4/h5-7H,8,14H2,1-4H3,(H,15,16). The summed E-state index contributed by atoms with van der Waals surface area (Å²) in [6.07, 6.45) is 0. The van der Waals surface area contributed by atoms with E-state index in [0.29, 0.717) is 5.75 Å². The lowest BCUT2D eigenvalue weighted by Gasteiger charge is -2.20. The normalized spacial score (nSPS) is 11.3. The number of rotatable bonds is 3. The van der Waals surface area contributed by atoms with Crippen LogP contribution in [0, 0.1) is 6.92 Å². The van der Waals surface area contributed by atoms with Crippen molar-refractivity contribution in [2.45, 2.75) is 38.1 Å². The van der Waals surface area contributed by atoms with Gasteiger partial charge in [-0.05, 0) is 51.5 Å². The van der Waals surface area contributed by atoms with E-state index in [1.165, 1.54) is 11.8 Å². The predicted octanol–water partition coefficient (Wildman–Crippen LogP) is 2.58. The van der Waals surface area contributed by atoms with E-state index in [9.17, 15) is 4.79 Å². The molecule has 0 aliphatic rings. The molecular weight excluding hydrogens is 232 g/mol. The highest BCUT2D eigenvalue weighted by Gasteiger charge is 2.13. The third-order valence-corrected chi connectivity index (χ3v) is 3.12. The van der Waals surface area contributed by atoms with E-state index in [0.717, 1.165) is 16.1 Å². The molecule has 3 nitrogen and oxygen atoms in total. The number of nitrogens with one attached hydrogen (secondary N) is 1. The molecule has 0 fully saturated rings. The summed E-state index contributed by atoms with van der Waals surface area (Å²) in [5.74, 6) is 0.484. The van der Waals surface area contributed by atoms with Gasteiger partial charge in [0.2, 0.25) is 5.91 Å². The van der Waals surface area contributed by atoms with E-state index in [1.807, 2.05) is 45.9 Å². The molecule has 1 rings (SSSR count). The maximum atomic E-state index is 11.6. The molecule has 1 amide bonds. The van der Waals surface area contributed by atoms with Crippen molar-refractivity contribution in [2.24, 2.45) is 0 Å². The van der Waals surface area contributed by atoms with E-state index in [1.54, 1.807) is 0 Å². The Morgan fingerprint density at radius 1 is 1.41 bits per heavy atom. The molecule has 0 radical (unpaired) electrons. The number of anilines is 1. The van der Waals surface area contributed by atoms with Crippen LogP contribution >= 0.6 is 11.8 Å². The van der Waals surface area contributed by atoms with E-state index >= 15 is 0 Å². The summed E-state index contributed by atoms with van der Waals surface area (Å²) in [6.45, 7) is 7.89. The maximum absolute atomic E-state index is 11.6. The van der Waals surface area contributed by atoms with Crippen molar-refractivity contribution in [3.8, 4) is 0 Å². The minimum absolute atomic E-state index is 0.0528. The summed E-state index contributed by atoms with van der Waals surface area (Å²) in [4.78, 5) is 12.7. The molecule has 3 N–H and O–H groups in total. The van der Waals surface area contributed by atoms with Crippen LogP contribution in [0.4, 0.5) is 5.69 Å². The Morgan fingerprint density at radius 3 is 2.59 bits per heavy atom. The van der Waals surface area contributed by atoms with Crippen LogP contribution < -0.4 is 11.1 Å². The molecule has 0 saturated carbocycles. The second kappa shape index (κ2) is 5.45. The van der Waals surface area contributed by atoms with Crippen LogP contribution in [0.25, 0.3) is 0 Å². The number of nitrogen functional groups attached to an aromatic ring is 1. The van der Waals surface area contributed by atoms with E-state index in [4.69, 9.17) is 5.73 Å². The average molecular weight is 252 g/mol. The molecule has 4 heteroatoms. The highest BCUT2D eigenvalue weighted by molar-refractivity contribution is 8.00. The third kappa shape index (κ3) is 5.13. The SMILES string of the molecule is Cc1cc(SCC(=O)NC(C)(C)C)ccc1N. The third-order valence-electron chi connectivity index (χ3n) is 2.13. The average Bonchev–Trinajstić information content (AvgIpc) is 2.17. The summed E-state index contributed by atoms with van der Waals surface area (Å²) in [6, 6.07) is 5.82. The van der Waals surface area contributed by atoms with Gasteiger partial charge in [0.1, 0.15) is 0 Å². The van der Waals surface area contributed by atoms with Gasteiger partial charge in [0.25, 0.3) is 0 Å². The smallest absolute Gasteiger partial charge is 0.230 e. The van der Waals surface area contributed by atoms with Crippen molar-refractivity contribution in [1.82, 2.24) is 5.32 Å². The molecule has 94 valence electrons. The lowest BCUT2D eigenvalue weighted by Crippen LogP contribution is -2.41. The van der Waals surface area contributed by atoms with Gasteiger partial charge in [0.05, 0.1) is 5.75 Å². The topological polar surface area (TPSA) is 55.1 Å². The highest BCUT2D eigenvalue weighted by atomic mass is 32.2. The van der Waals surface area contributed by atoms with Crippen LogP contribution in [-0.4, -0.2) is 17.2 Å². The van der Waals surface area contributed by atoms with Crippen LogP contribution in [-0.2, 0) is 4.79 Å². The van der Waals surface area contributed by atoms with Gasteiger partial charge in [-0.25, -0.2) is 0 Å². The molecule has 0 spiro atoms. The van der Waals surface area contributed by atoms with Crippen molar-refractivity contribution >= 4 is 23.4 Å². The second-order valence-electron chi connectivity index (χ2n) is 5.11. The molecule has 1 aromatic rings. The van der Waals surface area contributed by atoms with Crippen molar-refractivity contribution in [2.75, 3.05) is 11.5 Å².